The van der Waals surface area contributed by atoms with Crippen LogP contribution in [0.4, 0.5) is 0 Å². The summed E-state index contributed by atoms with van der Waals surface area (Å²) in [6.45, 7) is 14.2. The van der Waals surface area contributed by atoms with Gasteiger partial charge in [0, 0.05) is 5.54 Å². The molecule has 0 saturated heterocycles. The van der Waals surface area contributed by atoms with Gasteiger partial charge < -0.3 is 10.1 Å². The van der Waals surface area contributed by atoms with Gasteiger partial charge >= 0.3 is 5.97 Å². The number of nitrogens with one attached hydrogen (secondary N) is 1. The molecule has 0 unspecified atom stereocenters. The van der Waals surface area contributed by atoms with Crippen molar-refractivity contribution >= 4 is 5.97 Å². The first-order valence-corrected chi connectivity index (χ1v) is 7.01. The van der Waals surface area contributed by atoms with Crippen LogP contribution < -0.4 is 5.32 Å². The minimum atomic E-state index is -0.0738. The van der Waals surface area contributed by atoms with E-state index in [0.29, 0.717) is 13.0 Å². The van der Waals surface area contributed by atoms with Crippen LogP contribution >= 0.6 is 0 Å². The third kappa shape index (κ3) is 13.5. The van der Waals surface area contributed by atoms with Crippen molar-refractivity contribution in [1.82, 2.24) is 5.32 Å². The van der Waals surface area contributed by atoms with Gasteiger partial charge in [-0.15, -0.1) is 0 Å². The molecule has 0 aliphatic carbocycles. The predicted octanol–water partition coefficient (Wildman–Crippen LogP) is 3.52. The Morgan fingerprint density at radius 1 is 1.00 bits per heavy atom. The molecule has 108 valence electrons. The zero-order valence-corrected chi connectivity index (χ0v) is 13.1. The normalized spacial score (nSPS) is 12.6. The molecule has 3 heteroatoms. The largest absolute Gasteiger partial charge is 0.466 e. The second-order valence-electron chi connectivity index (χ2n) is 7.20. The van der Waals surface area contributed by atoms with Crippen molar-refractivity contribution in [1.29, 1.82) is 0 Å². The lowest BCUT2D eigenvalue weighted by molar-refractivity contribution is -0.145. The van der Waals surface area contributed by atoms with Gasteiger partial charge in [-0.2, -0.15) is 0 Å². The number of rotatable bonds is 7. The molecule has 0 rings (SSSR count). The molecule has 0 radical (unpaired) electrons. The molecule has 0 fully saturated rings. The average molecular weight is 257 g/mol. The molecule has 3 nitrogen and oxygen atoms in total. The van der Waals surface area contributed by atoms with Crippen LogP contribution in [0, 0.1) is 5.41 Å². The summed E-state index contributed by atoms with van der Waals surface area (Å²) in [6.07, 6.45) is 3.69. The molecular weight excluding hydrogens is 226 g/mol. The van der Waals surface area contributed by atoms with E-state index in [-0.39, 0.29) is 16.9 Å². The van der Waals surface area contributed by atoms with Gasteiger partial charge in [-0.1, -0.05) is 20.8 Å². The molecule has 18 heavy (non-hydrogen) atoms. The zero-order valence-electron chi connectivity index (χ0n) is 13.1. The van der Waals surface area contributed by atoms with Crippen LogP contribution in [-0.4, -0.2) is 24.7 Å². The van der Waals surface area contributed by atoms with Crippen LogP contribution in [-0.2, 0) is 9.53 Å². The van der Waals surface area contributed by atoms with Gasteiger partial charge in [0.25, 0.3) is 0 Å². The molecule has 0 saturated carbocycles. The number of hydrogen-bond acceptors (Lipinski definition) is 3. The second-order valence-corrected chi connectivity index (χ2v) is 7.20. The van der Waals surface area contributed by atoms with Crippen molar-refractivity contribution in [2.45, 2.75) is 72.8 Å². The lowest BCUT2D eigenvalue weighted by Crippen LogP contribution is -2.36. The summed E-state index contributed by atoms with van der Waals surface area (Å²) in [6, 6.07) is 0. The zero-order chi connectivity index (χ0) is 14.2. The van der Waals surface area contributed by atoms with E-state index in [1.54, 1.807) is 0 Å². The first kappa shape index (κ1) is 17.4. The molecule has 0 aromatic rings. The summed E-state index contributed by atoms with van der Waals surface area (Å²) in [4.78, 5) is 11.4. The van der Waals surface area contributed by atoms with Crippen LogP contribution in [0.2, 0.25) is 0 Å². The van der Waals surface area contributed by atoms with Gasteiger partial charge in [-0.25, -0.2) is 0 Å². The predicted molar refractivity (Wildman–Crippen MR) is 76.6 cm³/mol. The summed E-state index contributed by atoms with van der Waals surface area (Å²) < 4.78 is 5.21. The van der Waals surface area contributed by atoms with E-state index < -0.39 is 0 Å². The van der Waals surface area contributed by atoms with E-state index in [1.165, 1.54) is 0 Å². The lowest BCUT2D eigenvalue weighted by Gasteiger charge is -2.20. The molecule has 0 aliphatic heterocycles. The first-order chi connectivity index (χ1) is 8.10. The maximum absolute atomic E-state index is 11.4. The maximum Gasteiger partial charge on any atom is 0.306 e. The highest BCUT2D eigenvalue weighted by Gasteiger charge is 2.16. The fourth-order valence-electron chi connectivity index (χ4n) is 1.54. The van der Waals surface area contributed by atoms with Crippen molar-refractivity contribution in [2.75, 3.05) is 13.2 Å². The Labute approximate surface area is 113 Å². The van der Waals surface area contributed by atoms with E-state index in [4.69, 9.17) is 4.74 Å². The summed E-state index contributed by atoms with van der Waals surface area (Å²) in [5.41, 5.74) is 0.215. The van der Waals surface area contributed by atoms with Crippen molar-refractivity contribution in [2.24, 2.45) is 5.41 Å². The molecule has 0 aliphatic rings. The van der Waals surface area contributed by atoms with Gasteiger partial charge in [-0.05, 0) is 52.0 Å². The van der Waals surface area contributed by atoms with Gasteiger partial charge in [0.15, 0.2) is 0 Å². The quantitative estimate of drug-likeness (QED) is 0.560. The molecule has 0 spiro atoms. The molecular formula is C15H31NO2. The van der Waals surface area contributed by atoms with Gasteiger partial charge in [-0.3, -0.25) is 4.79 Å². The summed E-state index contributed by atoms with van der Waals surface area (Å²) in [7, 11) is 0. The lowest BCUT2D eigenvalue weighted by atomic mass is 9.92. The third-order valence-corrected chi connectivity index (χ3v) is 2.41. The van der Waals surface area contributed by atoms with E-state index in [1.807, 2.05) is 20.8 Å². The van der Waals surface area contributed by atoms with Crippen molar-refractivity contribution < 1.29 is 9.53 Å². The molecule has 0 heterocycles. The highest BCUT2D eigenvalue weighted by Crippen LogP contribution is 2.18. The van der Waals surface area contributed by atoms with Crippen molar-refractivity contribution in [3.63, 3.8) is 0 Å². The maximum atomic E-state index is 11.4. The number of hydrogen-bond donors (Lipinski definition) is 1. The molecule has 0 aromatic heterocycles. The highest BCUT2D eigenvalue weighted by atomic mass is 16.5. The van der Waals surface area contributed by atoms with Crippen molar-refractivity contribution in [3.05, 3.63) is 0 Å². The van der Waals surface area contributed by atoms with E-state index in [9.17, 15) is 4.79 Å². The van der Waals surface area contributed by atoms with Crippen LogP contribution in [0.3, 0.4) is 0 Å². The Morgan fingerprint density at radius 3 is 2.11 bits per heavy atom. The minimum absolute atomic E-state index is 0.0215. The standard InChI is InChI=1S/C15H31NO2/c1-14(2,3)12-13(17)18-11-9-7-8-10-16-15(4,5)6/h16H,7-12H2,1-6H3. The highest BCUT2D eigenvalue weighted by molar-refractivity contribution is 5.70. The fourth-order valence-corrected chi connectivity index (χ4v) is 1.54. The fraction of sp³-hybridized carbons (Fsp3) is 0.933. The number of ether oxygens (including phenoxy) is 1. The topological polar surface area (TPSA) is 38.3 Å². The summed E-state index contributed by atoms with van der Waals surface area (Å²) in [5.74, 6) is -0.0738. The number of esters is 1. The summed E-state index contributed by atoms with van der Waals surface area (Å²) >= 11 is 0. The Bertz CT molecular complexity index is 236. The number of carbonyl (C=O) groups excluding carboxylic acids is 1. The second kappa shape index (κ2) is 7.78. The molecule has 1 N–H and O–H groups in total. The smallest absolute Gasteiger partial charge is 0.306 e. The van der Waals surface area contributed by atoms with E-state index in [2.05, 4.69) is 26.1 Å². The van der Waals surface area contributed by atoms with Gasteiger partial charge in [0.2, 0.25) is 0 Å². The van der Waals surface area contributed by atoms with E-state index >= 15 is 0 Å². The molecule has 0 amide bonds. The van der Waals surface area contributed by atoms with Crippen LogP contribution in [0.1, 0.15) is 67.2 Å². The molecule has 0 bridgehead atoms. The Morgan fingerprint density at radius 2 is 1.61 bits per heavy atom. The van der Waals surface area contributed by atoms with Gasteiger partial charge in [0.1, 0.15) is 0 Å². The summed E-state index contributed by atoms with van der Waals surface area (Å²) in [5, 5.41) is 3.44. The monoisotopic (exact) mass is 257 g/mol. The van der Waals surface area contributed by atoms with Crippen molar-refractivity contribution in [3.8, 4) is 0 Å². The van der Waals surface area contributed by atoms with Crippen LogP contribution in [0.15, 0.2) is 0 Å². The Hall–Kier alpha value is -0.570. The molecule has 0 aromatic carbocycles. The van der Waals surface area contributed by atoms with Crippen LogP contribution in [0.5, 0.6) is 0 Å². The van der Waals surface area contributed by atoms with Crippen LogP contribution in [0.25, 0.3) is 0 Å². The Balaban J connectivity index is 3.39. The SMILES string of the molecule is CC(C)(C)CC(=O)OCCCCCNC(C)(C)C. The Kier molecular flexibility index (Phi) is 7.53. The number of carbonyl (C=O) groups is 1. The average Bonchev–Trinajstić information content (AvgIpc) is 2.11. The first-order valence-electron chi connectivity index (χ1n) is 7.01. The van der Waals surface area contributed by atoms with Gasteiger partial charge in [0.05, 0.1) is 13.0 Å². The van der Waals surface area contributed by atoms with E-state index in [0.717, 1.165) is 25.8 Å². The minimum Gasteiger partial charge on any atom is -0.466 e. The molecule has 0 atom stereocenters. The third-order valence-electron chi connectivity index (χ3n) is 2.41. The number of unbranched alkanes of at least 4 members (excludes halogenated alkanes) is 2.